The quantitative estimate of drug-likeness (QED) is 0.407. The van der Waals surface area contributed by atoms with Crippen LogP contribution in [0.3, 0.4) is 0 Å². The third-order valence-corrected chi connectivity index (χ3v) is 4.84. The molecular formula is C22H18Cl2N2O3. The molecule has 0 fully saturated rings. The molecule has 1 N–H and O–H groups in total. The smallest absolute Gasteiger partial charge is 0.271 e. The van der Waals surface area contributed by atoms with Crippen molar-refractivity contribution in [2.24, 2.45) is 5.10 Å². The summed E-state index contributed by atoms with van der Waals surface area (Å²) in [5.41, 5.74) is 4.51. The van der Waals surface area contributed by atoms with Crippen molar-refractivity contribution in [3.8, 4) is 11.5 Å². The van der Waals surface area contributed by atoms with Crippen LogP contribution in [0.2, 0.25) is 10.0 Å². The van der Waals surface area contributed by atoms with Crippen LogP contribution < -0.4 is 14.9 Å². The van der Waals surface area contributed by atoms with Gasteiger partial charge in [0.25, 0.3) is 5.91 Å². The lowest BCUT2D eigenvalue weighted by molar-refractivity contribution is 0.0955. The lowest BCUT2D eigenvalue weighted by Gasteiger charge is -2.08. The first-order valence-electron chi connectivity index (χ1n) is 8.70. The lowest BCUT2D eigenvalue weighted by Crippen LogP contribution is -2.17. The molecule has 0 aromatic heterocycles. The Bertz CT molecular complexity index is 1020. The first kappa shape index (κ1) is 20.7. The predicted octanol–water partition coefficient (Wildman–Crippen LogP) is 5.34. The van der Waals surface area contributed by atoms with Crippen LogP contribution >= 0.6 is 23.2 Å². The Balaban J connectivity index is 1.55. The van der Waals surface area contributed by atoms with Gasteiger partial charge in [-0.15, -0.1) is 0 Å². The Morgan fingerprint density at radius 3 is 2.55 bits per heavy atom. The van der Waals surface area contributed by atoms with Crippen LogP contribution in [0, 0.1) is 0 Å². The molecule has 0 aliphatic rings. The lowest BCUT2D eigenvalue weighted by atomic mass is 10.2. The average molecular weight is 429 g/mol. The highest BCUT2D eigenvalue weighted by Crippen LogP contribution is 2.24. The van der Waals surface area contributed by atoms with Crippen LogP contribution in [-0.4, -0.2) is 19.2 Å². The maximum absolute atomic E-state index is 12.2. The summed E-state index contributed by atoms with van der Waals surface area (Å²) in [6.07, 6.45) is 1.44. The Morgan fingerprint density at radius 1 is 1.03 bits per heavy atom. The highest BCUT2D eigenvalue weighted by atomic mass is 35.5. The highest BCUT2D eigenvalue weighted by molar-refractivity contribution is 6.43. The van der Waals surface area contributed by atoms with Crippen LogP contribution in [-0.2, 0) is 6.61 Å². The summed E-state index contributed by atoms with van der Waals surface area (Å²) in [6, 6.07) is 19.6. The normalized spacial score (nSPS) is 10.7. The fourth-order valence-electron chi connectivity index (χ4n) is 2.48. The van der Waals surface area contributed by atoms with E-state index in [2.05, 4.69) is 10.5 Å². The molecule has 0 saturated heterocycles. The second-order valence-electron chi connectivity index (χ2n) is 6.01. The molecule has 0 saturated carbocycles. The largest absolute Gasteiger partial charge is 0.497 e. The van der Waals surface area contributed by atoms with Gasteiger partial charge in [-0.25, -0.2) is 5.43 Å². The molecule has 0 bridgehead atoms. The number of carbonyl (C=O) groups excluding carboxylic acids is 1. The van der Waals surface area contributed by atoms with Crippen molar-refractivity contribution in [1.29, 1.82) is 0 Å². The van der Waals surface area contributed by atoms with Crippen LogP contribution in [0.15, 0.2) is 71.8 Å². The van der Waals surface area contributed by atoms with Crippen LogP contribution in [0.4, 0.5) is 0 Å². The van der Waals surface area contributed by atoms with Crippen LogP contribution in [0.25, 0.3) is 0 Å². The minimum Gasteiger partial charge on any atom is -0.497 e. The van der Waals surface area contributed by atoms with E-state index in [1.807, 2.05) is 24.3 Å². The fourth-order valence-corrected chi connectivity index (χ4v) is 2.83. The maximum atomic E-state index is 12.2. The first-order chi connectivity index (χ1) is 14.1. The van der Waals surface area contributed by atoms with Crippen molar-refractivity contribution in [2.45, 2.75) is 6.61 Å². The number of amides is 1. The second-order valence-corrected chi connectivity index (χ2v) is 6.79. The molecule has 1 amide bonds. The van der Waals surface area contributed by atoms with Gasteiger partial charge in [0.05, 0.1) is 23.4 Å². The number of rotatable bonds is 7. The van der Waals surface area contributed by atoms with Gasteiger partial charge in [0.1, 0.15) is 18.1 Å². The van der Waals surface area contributed by atoms with Crippen molar-refractivity contribution in [1.82, 2.24) is 5.43 Å². The Hall–Kier alpha value is -3.02. The van der Waals surface area contributed by atoms with Gasteiger partial charge in [0.2, 0.25) is 0 Å². The van der Waals surface area contributed by atoms with Gasteiger partial charge < -0.3 is 9.47 Å². The number of methoxy groups -OCH3 is 1. The van der Waals surface area contributed by atoms with Crippen molar-refractivity contribution in [2.75, 3.05) is 7.11 Å². The Morgan fingerprint density at radius 2 is 1.79 bits per heavy atom. The van der Waals surface area contributed by atoms with Gasteiger partial charge in [0, 0.05) is 11.1 Å². The van der Waals surface area contributed by atoms with Crippen molar-refractivity contribution in [3.05, 3.63) is 93.5 Å². The summed E-state index contributed by atoms with van der Waals surface area (Å²) in [4.78, 5) is 12.2. The zero-order chi connectivity index (χ0) is 20.6. The summed E-state index contributed by atoms with van der Waals surface area (Å²) >= 11 is 12.0. The monoisotopic (exact) mass is 428 g/mol. The third-order valence-electron chi connectivity index (χ3n) is 4.01. The van der Waals surface area contributed by atoms with Gasteiger partial charge in [-0.1, -0.05) is 47.5 Å². The number of hydrogen-bond donors (Lipinski definition) is 1. The molecule has 3 aromatic carbocycles. The van der Waals surface area contributed by atoms with E-state index in [0.29, 0.717) is 33.5 Å². The van der Waals surface area contributed by atoms with Crippen LogP contribution in [0.5, 0.6) is 11.5 Å². The van der Waals surface area contributed by atoms with E-state index in [1.54, 1.807) is 49.6 Å². The molecular weight excluding hydrogens is 411 g/mol. The van der Waals surface area contributed by atoms with E-state index in [-0.39, 0.29) is 5.91 Å². The maximum Gasteiger partial charge on any atom is 0.271 e. The van der Waals surface area contributed by atoms with Gasteiger partial charge in [-0.05, 0) is 48.0 Å². The number of ether oxygens (including phenoxy) is 2. The highest BCUT2D eigenvalue weighted by Gasteiger charge is 2.06. The van der Waals surface area contributed by atoms with E-state index >= 15 is 0 Å². The van der Waals surface area contributed by atoms with Crippen molar-refractivity contribution < 1.29 is 14.3 Å². The minimum absolute atomic E-state index is 0.348. The number of carbonyl (C=O) groups is 1. The summed E-state index contributed by atoms with van der Waals surface area (Å²) in [6.45, 7) is 0.396. The SMILES string of the molecule is COc1cccc(COc2ccc(C(=O)N/N=C/c3cccc(Cl)c3Cl)cc2)c1. The molecule has 3 aromatic rings. The summed E-state index contributed by atoms with van der Waals surface area (Å²) in [7, 11) is 1.62. The fraction of sp³-hybridized carbons (Fsp3) is 0.0909. The van der Waals surface area contributed by atoms with E-state index in [0.717, 1.165) is 11.3 Å². The Kier molecular flexibility index (Phi) is 7.11. The van der Waals surface area contributed by atoms with Crippen LogP contribution in [0.1, 0.15) is 21.5 Å². The topological polar surface area (TPSA) is 59.9 Å². The molecule has 0 aliphatic carbocycles. The molecule has 0 aliphatic heterocycles. The van der Waals surface area contributed by atoms with Gasteiger partial charge >= 0.3 is 0 Å². The van der Waals surface area contributed by atoms with Crippen molar-refractivity contribution in [3.63, 3.8) is 0 Å². The zero-order valence-corrected chi connectivity index (χ0v) is 17.1. The van der Waals surface area contributed by atoms with Gasteiger partial charge in [0.15, 0.2) is 0 Å². The minimum atomic E-state index is -0.348. The van der Waals surface area contributed by atoms with Crippen molar-refractivity contribution >= 4 is 35.3 Å². The number of nitrogens with one attached hydrogen (secondary N) is 1. The molecule has 3 rings (SSSR count). The molecule has 0 unspecified atom stereocenters. The second kappa shape index (κ2) is 9.96. The molecule has 0 radical (unpaired) electrons. The van der Waals surface area contributed by atoms with Gasteiger partial charge in [-0.3, -0.25) is 4.79 Å². The molecule has 0 spiro atoms. The number of benzene rings is 3. The molecule has 7 heteroatoms. The first-order valence-corrected chi connectivity index (χ1v) is 9.45. The van der Waals surface area contributed by atoms with E-state index in [1.165, 1.54) is 6.21 Å². The summed E-state index contributed by atoms with van der Waals surface area (Å²) in [5, 5.41) is 4.73. The molecule has 29 heavy (non-hydrogen) atoms. The predicted molar refractivity (Wildman–Crippen MR) is 115 cm³/mol. The zero-order valence-electron chi connectivity index (χ0n) is 15.6. The van der Waals surface area contributed by atoms with E-state index in [9.17, 15) is 4.79 Å². The number of halogens is 2. The van der Waals surface area contributed by atoms with E-state index < -0.39 is 0 Å². The Labute approximate surface area is 178 Å². The number of hydrazone groups is 1. The summed E-state index contributed by atoms with van der Waals surface area (Å²) < 4.78 is 10.9. The molecule has 0 heterocycles. The number of hydrogen-bond acceptors (Lipinski definition) is 4. The molecule has 0 atom stereocenters. The molecule has 148 valence electrons. The average Bonchev–Trinajstić information content (AvgIpc) is 2.75. The van der Waals surface area contributed by atoms with E-state index in [4.69, 9.17) is 32.7 Å². The summed E-state index contributed by atoms with van der Waals surface area (Å²) in [5.74, 6) is 1.08. The number of nitrogens with zero attached hydrogens (tertiary/aromatic N) is 1. The van der Waals surface area contributed by atoms with Gasteiger partial charge in [-0.2, -0.15) is 5.10 Å². The third kappa shape index (κ3) is 5.73. The molecule has 5 nitrogen and oxygen atoms in total. The standard InChI is InChI=1S/C22H18Cl2N2O3/c1-28-19-6-2-4-15(12-19)14-29-18-10-8-16(9-11-18)22(27)26-25-13-17-5-3-7-20(23)21(17)24/h2-13H,14H2,1H3,(H,26,27)/b25-13+.